The van der Waals surface area contributed by atoms with Gasteiger partial charge in [0, 0.05) is 10.4 Å². The average Bonchev–Trinajstić information content (AvgIpc) is 2.85. The first-order valence-electron chi connectivity index (χ1n) is 11.2. The normalized spacial score (nSPS) is 25.3. The summed E-state index contributed by atoms with van der Waals surface area (Å²) in [6.45, 7) is 0.733. The lowest BCUT2D eigenvalue weighted by atomic mass is 9.62. The molecular weight excluding hydrogens is 463 g/mol. The zero-order valence-electron chi connectivity index (χ0n) is 17.9. The standard InChI is InChI=1S/C24H20BrF.C5H6O/c25-19-8-3-7-18(15-19)24(26)14-4-6-17-11-12-21-20-9-2-1-5-16(20)10-13-22(21)23(17)24;1-2-4-6-5-3-1/h1-3,5,7-13,15,17,23H,4,6,14H2;1-4H,5H2. The van der Waals surface area contributed by atoms with Crippen LogP contribution in [0.2, 0.25) is 0 Å². The van der Waals surface area contributed by atoms with Crippen LogP contribution in [-0.2, 0) is 10.4 Å². The maximum Gasteiger partial charge on any atom is 0.143 e. The molecule has 0 spiro atoms. The van der Waals surface area contributed by atoms with Gasteiger partial charge in [-0.05, 0) is 76.9 Å². The molecule has 0 saturated heterocycles. The van der Waals surface area contributed by atoms with Crippen LogP contribution in [0.4, 0.5) is 4.39 Å². The van der Waals surface area contributed by atoms with Gasteiger partial charge in [0.1, 0.15) is 12.3 Å². The monoisotopic (exact) mass is 488 g/mol. The summed E-state index contributed by atoms with van der Waals surface area (Å²) in [5, 5.41) is 2.44. The lowest BCUT2D eigenvalue weighted by molar-refractivity contribution is 0.0537. The van der Waals surface area contributed by atoms with Crippen molar-refractivity contribution in [2.45, 2.75) is 30.8 Å². The van der Waals surface area contributed by atoms with Gasteiger partial charge in [-0.2, -0.15) is 0 Å². The molecule has 3 aromatic carbocycles. The highest BCUT2D eigenvalue weighted by molar-refractivity contribution is 9.10. The van der Waals surface area contributed by atoms with E-state index in [2.05, 4.69) is 64.5 Å². The number of hydrogen-bond donors (Lipinski definition) is 0. The zero-order chi connectivity index (χ0) is 22.0. The van der Waals surface area contributed by atoms with Gasteiger partial charge in [-0.15, -0.1) is 0 Å². The fourth-order valence-corrected chi connectivity index (χ4v) is 5.75. The Morgan fingerprint density at radius 1 is 1.00 bits per heavy atom. The van der Waals surface area contributed by atoms with Gasteiger partial charge in [0.05, 0.1) is 6.26 Å². The Morgan fingerprint density at radius 2 is 1.91 bits per heavy atom. The Hall–Kier alpha value is -2.65. The Bertz CT molecular complexity index is 1200. The van der Waals surface area contributed by atoms with Crippen LogP contribution in [0.15, 0.2) is 95.7 Å². The van der Waals surface area contributed by atoms with Crippen molar-refractivity contribution < 1.29 is 9.13 Å². The maximum absolute atomic E-state index is 16.6. The molecule has 1 nitrogen and oxygen atoms in total. The smallest absolute Gasteiger partial charge is 0.143 e. The fourth-order valence-electron chi connectivity index (χ4n) is 5.35. The highest BCUT2D eigenvalue weighted by atomic mass is 79.9. The van der Waals surface area contributed by atoms with Gasteiger partial charge in [0.2, 0.25) is 0 Å². The van der Waals surface area contributed by atoms with Crippen molar-refractivity contribution in [1.29, 1.82) is 0 Å². The van der Waals surface area contributed by atoms with Gasteiger partial charge in [0.15, 0.2) is 0 Å². The van der Waals surface area contributed by atoms with Gasteiger partial charge in [0.25, 0.3) is 0 Å². The molecule has 3 heteroatoms. The van der Waals surface area contributed by atoms with Crippen molar-refractivity contribution in [2.24, 2.45) is 5.92 Å². The molecule has 32 heavy (non-hydrogen) atoms. The summed E-state index contributed by atoms with van der Waals surface area (Å²) in [4.78, 5) is 0. The molecule has 0 aromatic heterocycles. The molecule has 3 unspecified atom stereocenters. The molecule has 162 valence electrons. The van der Waals surface area contributed by atoms with E-state index in [1.165, 1.54) is 21.9 Å². The van der Waals surface area contributed by atoms with E-state index in [1.807, 2.05) is 42.5 Å². The SMILES string of the molecule is C1=CCOC=C1.FC1(c2cccc(Br)c2)CCCC2C=Cc3c(ccc4ccccc34)C21. The summed E-state index contributed by atoms with van der Waals surface area (Å²) in [6.07, 6.45) is 14.5. The number of hydrogen-bond acceptors (Lipinski definition) is 1. The Kier molecular flexibility index (Phi) is 6.01. The molecule has 1 saturated carbocycles. The third-order valence-corrected chi connectivity index (χ3v) is 7.26. The molecule has 3 atom stereocenters. The number of halogens is 2. The molecule has 3 aliphatic rings. The van der Waals surface area contributed by atoms with Crippen LogP contribution in [0.5, 0.6) is 0 Å². The average molecular weight is 489 g/mol. The Labute approximate surface area is 197 Å². The maximum atomic E-state index is 16.6. The molecule has 3 aromatic rings. The topological polar surface area (TPSA) is 9.23 Å². The van der Waals surface area contributed by atoms with Crippen molar-refractivity contribution in [3.63, 3.8) is 0 Å². The van der Waals surface area contributed by atoms with E-state index in [1.54, 1.807) is 6.26 Å². The van der Waals surface area contributed by atoms with Gasteiger partial charge in [-0.3, -0.25) is 0 Å². The largest absolute Gasteiger partial charge is 0.497 e. The molecule has 0 radical (unpaired) electrons. The molecule has 0 amide bonds. The summed E-state index contributed by atoms with van der Waals surface area (Å²) in [7, 11) is 0. The Balaban J connectivity index is 0.000000314. The highest BCUT2D eigenvalue weighted by Gasteiger charge is 2.49. The molecule has 1 heterocycles. The second-order valence-electron chi connectivity index (χ2n) is 8.65. The van der Waals surface area contributed by atoms with Gasteiger partial charge >= 0.3 is 0 Å². The minimum absolute atomic E-state index is 0.116. The molecule has 0 bridgehead atoms. The summed E-state index contributed by atoms with van der Waals surface area (Å²) >= 11 is 3.52. The molecule has 1 fully saturated rings. The van der Waals surface area contributed by atoms with Gasteiger partial charge in [-0.25, -0.2) is 4.39 Å². The van der Waals surface area contributed by atoms with Gasteiger partial charge in [-0.1, -0.05) is 82.7 Å². The van der Waals surface area contributed by atoms with Crippen LogP contribution in [0.25, 0.3) is 16.8 Å². The highest BCUT2D eigenvalue weighted by Crippen LogP contribution is 2.56. The van der Waals surface area contributed by atoms with Crippen LogP contribution in [-0.4, -0.2) is 6.61 Å². The van der Waals surface area contributed by atoms with Crippen molar-refractivity contribution in [3.05, 3.63) is 112 Å². The quantitative estimate of drug-likeness (QED) is 0.333. The van der Waals surface area contributed by atoms with E-state index < -0.39 is 5.67 Å². The van der Waals surface area contributed by atoms with Gasteiger partial charge < -0.3 is 4.74 Å². The van der Waals surface area contributed by atoms with Crippen LogP contribution in [0.3, 0.4) is 0 Å². The zero-order valence-corrected chi connectivity index (χ0v) is 19.5. The molecule has 6 rings (SSSR count). The predicted molar refractivity (Wildman–Crippen MR) is 134 cm³/mol. The van der Waals surface area contributed by atoms with E-state index in [-0.39, 0.29) is 11.8 Å². The van der Waals surface area contributed by atoms with E-state index in [0.29, 0.717) is 6.42 Å². The number of alkyl halides is 1. The fraction of sp³-hybridized carbons (Fsp3) is 0.241. The molecule has 2 aliphatic carbocycles. The summed E-state index contributed by atoms with van der Waals surface area (Å²) in [5.41, 5.74) is 1.84. The summed E-state index contributed by atoms with van der Waals surface area (Å²) in [6, 6.07) is 20.6. The summed E-state index contributed by atoms with van der Waals surface area (Å²) < 4.78 is 22.4. The van der Waals surface area contributed by atoms with E-state index in [0.717, 1.165) is 29.5 Å². The van der Waals surface area contributed by atoms with Crippen LogP contribution >= 0.6 is 15.9 Å². The lowest BCUT2D eigenvalue weighted by Crippen LogP contribution is -2.38. The second kappa shape index (κ2) is 9.07. The second-order valence-corrected chi connectivity index (χ2v) is 9.56. The minimum atomic E-state index is -1.32. The summed E-state index contributed by atoms with van der Waals surface area (Å²) in [5.74, 6) is 0.150. The minimum Gasteiger partial charge on any atom is -0.497 e. The third-order valence-electron chi connectivity index (χ3n) is 6.77. The van der Waals surface area contributed by atoms with Crippen molar-refractivity contribution in [2.75, 3.05) is 6.61 Å². The Morgan fingerprint density at radius 3 is 2.66 bits per heavy atom. The lowest BCUT2D eigenvalue weighted by Gasteiger charge is -2.45. The van der Waals surface area contributed by atoms with Crippen LogP contribution in [0, 0.1) is 5.92 Å². The third kappa shape index (κ3) is 3.95. The molecule has 0 N–H and O–H groups in total. The van der Waals surface area contributed by atoms with E-state index in [4.69, 9.17) is 4.74 Å². The van der Waals surface area contributed by atoms with Crippen LogP contribution in [0.1, 0.15) is 41.9 Å². The number of allylic oxidation sites excluding steroid dienone is 3. The number of fused-ring (bicyclic) bond motifs is 5. The molecular formula is C29H26BrFO. The number of ether oxygens (including phenoxy) is 1. The molecule has 1 aliphatic heterocycles. The van der Waals surface area contributed by atoms with Crippen molar-refractivity contribution in [3.8, 4) is 0 Å². The first kappa shape index (κ1) is 21.2. The van der Waals surface area contributed by atoms with Crippen molar-refractivity contribution in [1.82, 2.24) is 0 Å². The van der Waals surface area contributed by atoms with Crippen LogP contribution < -0.4 is 0 Å². The van der Waals surface area contributed by atoms with E-state index >= 15 is 4.39 Å². The van der Waals surface area contributed by atoms with E-state index in [9.17, 15) is 0 Å². The number of benzene rings is 3. The predicted octanol–water partition coefficient (Wildman–Crippen LogP) is 8.46. The first-order chi connectivity index (χ1) is 15.7. The number of rotatable bonds is 1. The first-order valence-corrected chi connectivity index (χ1v) is 12.0. The van der Waals surface area contributed by atoms with Crippen molar-refractivity contribution >= 4 is 32.8 Å².